The minimum absolute atomic E-state index is 1.15. The Labute approximate surface area is 60.3 Å². The van der Waals surface area contributed by atoms with Gasteiger partial charge in [0.05, 0.1) is 0 Å². The molecule has 0 amide bonds. The Hall–Kier alpha value is -0.990. The Morgan fingerprint density at radius 1 is 1.30 bits per heavy atom. The number of hydrogen-bond acceptors (Lipinski definition) is 2. The summed E-state index contributed by atoms with van der Waals surface area (Å²) in [6, 6.07) is 0. The molecule has 0 aromatic carbocycles. The van der Waals surface area contributed by atoms with Crippen molar-refractivity contribution < 1.29 is 0 Å². The van der Waals surface area contributed by atoms with Crippen LogP contribution in [0.1, 0.15) is 12.8 Å². The first kappa shape index (κ1) is 5.77. The fraction of sp³-hybridized carbons (Fsp3) is 0.571. The molecule has 0 unspecified atom stereocenters. The molecule has 3 nitrogen and oxygen atoms in total. The summed E-state index contributed by atoms with van der Waals surface area (Å²) in [7, 11) is 0. The minimum atomic E-state index is 1.15. The van der Waals surface area contributed by atoms with Gasteiger partial charge < -0.3 is 5.01 Å². The Morgan fingerprint density at radius 2 is 2.10 bits per heavy atom. The van der Waals surface area contributed by atoms with Crippen LogP contribution in [0.2, 0.25) is 0 Å². The molecule has 0 bridgehead atoms. The van der Waals surface area contributed by atoms with Crippen molar-refractivity contribution in [3.8, 4) is 0 Å². The summed E-state index contributed by atoms with van der Waals surface area (Å²) < 4.78 is 1.94. The molecule has 1 saturated heterocycles. The molecule has 1 aromatic rings. The van der Waals surface area contributed by atoms with Gasteiger partial charge in [-0.15, -0.1) is 0 Å². The van der Waals surface area contributed by atoms with Gasteiger partial charge in [-0.3, -0.25) is 0 Å². The van der Waals surface area contributed by atoms with E-state index in [1.165, 1.54) is 12.8 Å². The monoisotopic (exact) mass is 136 g/mol. The normalized spacial score (nSPS) is 18.2. The third-order valence-corrected chi connectivity index (χ3v) is 1.83. The molecule has 1 aromatic heterocycles. The molecule has 0 aliphatic carbocycles. The molecule has 1 radical (unpaired) electrons. The van der Waals surface area contributed by atoms with Gasteiger partial charge in [0.1, 0.15) is 0 Å². The quantitative estimate of drug-likeness (QED) is 0.557. The predicted molar refractivity (Wildman–Crippen MR) is 38.2 cm³/mol. The molecule has 1 aliphatic heterocycles. The molecule has 1 fully saturated rings. The van der Waals surface area contributed by atoms with E-state index < -0.39 is 0 Å². The van der Waals surface area contributed by atoms with Crippen LogP contribution in [0.15, 0.2) is 12.4 Å². The number of rotatable bonds is 1. The number of imidazole rings is 1. The predicted octanol–water partition coefficient (Wildman–Crippen LogP) is 0.415. The molecule has 1 aliphatic rings. The molecule has 0 N–H and O–H groups in total. The zero-order valence-corrected chi connectivity index (χ0v) is 5.82. The highest BCUT2D eigenvalue weighted by molar-refractivity contribution is 4.91. The largest absolute Gasteiger partial charge is 0.311 e. The third-order valence-electron chi connectivity index (χ3n) is 1.83. The summed E-state index contributed by atoms with van der Waals surface area (Å²) in [6.45, 7) is 2.29. The van der Waals surface area contributed by atoms with Crippen molar-refractivity contribution in [2.24, 2.45) is 0 Å². The van der Waals surface area contributed by atoms with Crippen LogP contribution in [0.4, 0.5) is 0 Å². The van der Waals surface area contributed by atoms with Gasteiger partial charge in [0.15, 0.2) is 6.33 Å². The highest BCUT2D eigenvalue weighted by atomic mass is 15.6. The molecule has 3 heteroatoms. The maximum Gasteiger partial charge on any atom is 0.197 e. The second-order valence-electron chi connectivity index (χ2n) is 2.53. The summed E-state index contributed by atoms with van der Waals surface area (Å²) in [5.74, 6) is 0. The van der Waals surface area contributed by atoms with Crippen molar-refractivity contribution >= 4 is 0 Å². The lowest BCUT2D eigenvalue weighted by Crippen LogP contribution is -2.29. The maximum absolute atomic E-state index is 3.86. The van der Waals surface area contributed by atoms with Crippen LogP contribution in [-0.4, -0.2) is 22.7 Å². The van der Waals surface area contributed by atoms with E-state index in [9.17, 15) is 0 Å². The summed E-state index contributed by atoms with van der Waals surface area (Å²) >= 11 is 0. The van der Waals surface area contributed by atoms with Gasteiger partial charge >= 0.3 is 0 Å². The van der Waals surface area contributed by atoms with Crippen LogP contribution in [0.3, 0.4) is 0 Å². The van der Waals surface area contributed by atoms with Gasteiger partial charge in [0.2, 0.25) is 0 Å². The van der Waals surface area contributed by atoms with E-state index >= 15 is 0 Å². The number of hydrogen-bond donors (Lipinski definition) is 0. The standard InChI is InChI=1S/C7H10N3/c1-2-5-9(4-1)10-6-3-8-7-10/h3,6H,1-2,4-5H2. The van der Waals surface area contributed by atoms with E-state index in [4.69, 9.17) is 0 Å². The van der Waals surface area contributed by atoms with Crippen LogP contribution in [0.25, 0.3) is 0 Å². The topological polar surface area (TPSA) is 21.1 Å². The third kappa shape index (κ3) is 0.875. The van der Waals surface area contributed by atoms with E-state index in [-0.39, 0.29) is 0 Å². The second-order valence-corrected chi connectivity index (χ2v) is 2.53. The van der Waals surface area contributed by atoms with Crippen LogP contribution in [0.5, 0.6) is 0 Å². The average molecular weight is 136 g/mol. The first-order chi connectivity index (χ1) is 4.97. The highest BCUT2D eigenvalue weighted by Crippen LogP contribution is 2.04. The molecule has 2 heterocycles. The van der Waals surface area contributed by atoms with E-state index in [0.717, 1.165) is 13.1 Å². The van der Waals surface area contributed by atoms with Crippen LogP contribution in [-0.2, 0) is 0 Å². The van der Waals surface area contributed by atoms with Gasteiger partial charge in [-0.05, 0) is 12.8 Å². The zero-order chi connectivity index (χ0) is 6.81. The highest BCUT2D eigenvalue weighted by Gasteiger charge is 2.10. The van der Waals surface area contributed by atoms with Gasteiger partial charge in [-0.25, -0.2) is 9.66 Å². The molecule has 10 heavy (non-hydrogen) atoms. The smallest absolute Gasteiger partial charge is 0.197 e. The van der Waals surface area contributed by atoms with E-state index in [1.54, 1.807) is 6.20 Å². The summed E-state index contributed by atoms with van der Waals surface area (Å²) in [4.78, 5) is 3.86. The summed E-state index contributed by atoms with van der Waals surface area (Å²) in [5, 5.41) is 2.24. The molecule has 0 atom stereocenters. The first-order valence-corrected chi connectivity index (χ1v) is 3.63. The average Bonchev–Trinajstić information content (AvgIpc) is 2.59. The SMILES string of the molecule is [c]1nccn1N1CCCC1. The van der Waals surface area contributed by atoms with Gasteiger partial charge in [-0.2, -0.15) is 0 Å². The lowest BCUT2D eigenvalue weighted by molar-refractivity contribution is 0.658. The summed E-state index contributed by atoms with van der Waals surface area (Å²) in [6.07, 6.45) is 9.16. The fourth-order valence-corrected chi connectivity index (χ4v) is 1.30. The first-order valence-electron chi connectivity index (χ1n) is 3.63. The summed E-state index contributed by atoms with van der Waals surface area (Å²) in [5.41, 5.74) is 0. The second kappa shape index (κ2) is 2.33. The molecular weight excluding hydrogens is 126 g/mol. The van der Waals surface area contributed by atoms with E-state index in [2.05, 4.69) is 16.3 Å². The van der Waals surface area contributed by atoms with Gasteiger partial charge in [-0.1, -0.05) is 0 Å². The van der Waals surface area contributed by atoms with Crippen LogP contribution < -0.4 is 5.01 Å². The van der Waals surface area contributed by atoms with Crippen molar-refractivity contribution in [2.45, 2.75) is 12.8 Å². The van der Waals surface area contributed by atoms with Crippen molar-refractivity contribution in [3.63, 3.8) is 0 Å². The molecular formula is C7H10N3. The van der Waals surface area contributed by atoms with Crippen LogP contribution in [0, 0.1) is 6.33 Å². The molecule has 0 spiro atoms. The molecule has 53 valence electrons. The van der Waals surface area contributed by atoms with Crippen molar-refractivity contribution in [3.05, 3.63) is 18.7 Å². The van der Waals surface area contributed by atoms with Gasteiger partial charge in [0, 0.05) is 25.5 Å². The van der Waals surface area contributed by atoms with Crippen LogP contribution >= 0.6 is 0 Å². The number of nitrogens with zero attached hydrogens (tertiary/aromatic N) is 3. The van der Waals surface area contributed by atoms with Crippen molar-refractivity contribution in [1.29, 1.82) is 0 Å². The fourth-order valence-electron chi connectivity index (χ4n) is 1.30. The lowest BCUT2D eigenvalue weighted by Gasteiger charge is -2.16. The Bertz CT molecular complexity index is 187. The Balaban J connectivity index is 2.12. The molecule has 0 saturated carbocycles. The Kier molecular flexibility index (Phi) is 1.34. The zero-order valence-electron chi connectivity index (χ0n) is 5.82. The minimum Gasteiger partial charge on any atom is -0.311 e. The van der Waals surface area contributed by atoms with Gasteiger partial charge in [0.25, 0.3) is 0 Å². The van der Waals surface area contributed by atoms with E-state index in [1.807, 2.05) is 10.9 Å². The lowest BCUT2D eigenvalue weighted by atomic mass is 10.4. The maximum atomic E-state index is 3.86. The number of aromatic nitrogens is 2. The van der Waals surface area contributed by atoms with Crippen molar-refractivity contribution in [1.82, 2.24) is 9.66 Å². The Morgan fingerprint density at radius 3 is 2.70 bits per heavy atom. The van der Waals surface area contributed by atoms with Crippen molar-refractivity contribution in [2.75, 3.05) is 18.1 Å². The molecule has 2 rings (SSSR count). The van der Waals surface area contributed by atoms with E-state index in [0.29, 0.717) is 0 Å².